The molecule has 1 saturated carbocycles. The summed E-state index contributed by atoms with van der Waals surface area (Å²) in [6.07, 6.45) is 5.53. The van der Waals surface area contributed by atoms with Crippen LogP contribution in [0, 0.1) is 5.92 Å². The van der Waals surface area contributed by atoms with E-state index in [0.717, 1.165) is 45.4 Å². The molecule has 1 N–H and O–H groups in total. The number of ether oxygens (including phenoxy) is 1. The molecule has 2 aliphatic rings. The van der Waals surface area contributed by atoms with Gasteiger partial charge in [0, 0.05) is 32.2 Å². The number of amides is 1. The van der Waals surface area contributed by atoms with Gasteiger partial charge in [-0.15, -0.1) is 0 Å². The van der Waals surface area contributed by atoms with Gasteiger partial charge in [0.1, 0.15) is 6.10 Å². The Morgan fingerprint density at radius 3 is 2.52 bits per heavy atom. The number of piperazine rings is 1. The summed E-state index contributed by atoms with van der Waals surface area (Å²) >= 11 is 0. The molecule has 2 rings (SSSR count). The summed E-state index contributed by atoms with van der Waals surface area (Å²) in [5.41, 5.74) is 0. The highest BCUT2D eigenvalue weighted by molar-refractivity contribution is 5.80. The number of rotatable bonds is 6. The number of aliphatic hydroxyl groups excluding tert-OH is 1. The maximum atomic E-state index is 12.6. The molecule has 0 spiro atoms. The molecule has 1 saturated heterocycles. The van der Waals surface area contributed by atoms with Crippen molar-refractivity contribution in [1.29, 1.82) is 0 Å². The van der Waals surface area contributed by atoms with Crippen molar-refractivity contribution in [2.45, 2.75) is 71.1 Å². The Morgan fingerprint density at radius 2 is 1.96 bits per heavy atom. The first-order chi connectivity index (χ1) is 11.0. The molecule has 4 atom stereocenters. The fourth-order valence-electron chi connectivity index (χ4n) is 3.92. The number of aliphatic hydroxyl groups is 1. The number of hydrogen-bond donors (Lipinski definition) is 1. The van der Waals surface area contributed by atoms with Crippen molar-refractivity contribution >= 4 is 5.91 Å². The summed E-state index contributed by atoms with van der Waals surface area (Å²) in [4.78, 5) is 16.8. The van der Waals surface area contributed by atoms with Gasteiger partial charge in [-0.25, -0.2) is 0 Å². The second-order valence-corrected chi connectivity index (χ2v) is 7.28. The van der Waals surface area contributed by atoms with Crippen LogP contribution < -0.4 is 0 Å². The van der Waals surface area contributed by atoms with Gasteiger partial charge in [0.05, 0.1) is 12.7 Å². The van der Waals surface area contributed by atoms with E-state index in [1.807, 2.05) is 11.8 Å². The number of carbonyl (C=O) groups is 1. The van der Waals surface area contributed by atoms with E-state index in [-0.39, 0.29) is 30.8 Å². The highest BCUT2D eigenvalue weighted by Gasteiger charge is 2.30. The van der Waals surface area contributed by atoms with Crippen LogP contribution in [-0.4, -0.2) is 71.8 Å². The molecule has 0 aromatic carbocycles. The Bertz CT molecular complexity index is 365. The molecule has 1 aliphatic heterocycles. The van der Waals surface area contributed by atoms with Crippen LogP contribution in [0.15, 0.2) is 0 Å². The average molecular weight is 326 g/mol. The maximum Gasteiger partial charge on any atom is 0.251 e. The Hall–Kier alpha value is -0.650. The van der Waals surface area contributed by atoms with Crippen molar-refractivity contribution in [3.8, 4) is 0 Å². The highest BCUT2D eigenvalue weighted by atomic mass is 16.5. The lowest BCUT2D eigenvalue weighted by Gasteiger charge is -2.39. The molecule has 23 heavy (non-hydrogen) atoms. The van der Waals surface area contributed by atoms with Crippen LogP contribution in [0.3, 0.4) is 0 Å². The van der Waals surface area contributed by atoms with Gasteiger partial charge in [0.15, 0.2) is 0 Å². The molecule has 1 amide bonds. The predicted octanol–water partition coefficient (Wildman–Crippen LogP) is 1.89. The van der Waals surface area contributed by atoms with Crippen LogP contribution in [0.4, 0.5) is 0 Å². The summed E-state index contributed by atoms with van der Waals surface area (Å²) in [6, 6.07) is 0.227. The van der Waals surface area contributed by atoms with E-state index >= 15 is 0 Å². The smallest absolute Gasteiger partial charge is 0.251 e. The van der Waals surface area contributed by atoms with Crippen molar-refractivity contribution in [2.24, 2.45) is 5.92 Å². The second kappa shape index (κ2) is 9.00. The molecule has 5 heteroatoms. The third-order valence-corrected chi connectivity index (χ3v) is 5.46. The third-order valence-electron chi connectivity index (χ3n) is 5.46. The van der Waals surface area contributed by atoms with Gasteiger partial charge in [-0.2, -0.15) is 0 Å². The van der Waals surface area contributed by atoms with E-state index < -0.39 is 0 Å². The fraction of sp³-hybridized carbons (Fsp3) is 0.944. The molecule has 0 aromatic rings. The van der Waals surface area contributed by atoms with E-state index in [9.17, 15) is 9.90 Å². The molecule has 0 bridgehead atoms. The first-order valence-electron chi connectivity index (χ1n) is 9.34. The minimum atomic E-state index is -0.336. The maximum absolute atomic E-state index is 12.6. The van der Waals surface area contributed by atoms with Gasteiger partial charge in [-0.1, -0.05) is 26.7 Å². The van der Waals surface area contributed by atoms with E-state index in [0.29, 0.717) is 5.92 Å². The number of carbonyl (C=O) groups excluding carboxylic acids is 1. The molecular formula is C18H34N2O3. The Balaban J connectivity index is 1.77. The van der Waals surface area contributed by atoms with Crippen LogP contribution in [0.1, 0.15) is 52.9 Å². The fourth-order valence-corrected chi connectivity index (χ4v) is 3.92. The lowest BCUT2D eigenvalue weighted by atomic mass is 9.88. The normalized spacial score (nSPS) is 29.3. The zero-order valence-corrected chi connectivity index (χ0v) is 15.0. The quantitative estimate of drug-likeness (QED) is 0.810. The van der Waals surface area contributed by atoms with Crippen molar-refractivity contribution < 1.29 is 14.6 Å². The predicted molar refractivity (Wildman–Crippen MR) is 91.3 cm³/mol. The van der Waals surface area contributed by atoms with Crippen molar-refractivity contribution in [3.63, 3.8) is 0 Å². The minimum absolute atomic E-state index is 0.125. The Kier molecular flexibility index (Phi) is 7.31. The second-order valence-electron chi connectivity index (χ2n) is 7.28. The largest absolute Gasteiger partial charge is 0.395 e. The third kappa shape index (κ3) is 5.16. The zero-order valence-electron chi connectivity index (χ0n) is 15.0. The molecule has 134 valence electrons. The summed E-state index contributed by atoms with van der Waals surface area (Å²) in [5.74, 6) is 0.837. The summed E-state index contributed by atoms with van der Waals surface area (Å²) in [7, 11) is 0. The minimum Gasteiger partial charge on any atom is -0.395 e. The van der Waals surface area contributed by atoms with Crippen LogP contribution in [-0.2, 0) is 9.53 Å². The van der Waals surface area contributed by atoms with E-state index in [1.165, 1.54) is 12.8 Å². The SMILES string of the molecule is CCC(CO)N1CCN(C(=O)C(C)OC2CCCC(C)C2)CC1. The van der Waals surface area contributed by atoms with E-state index in [2.05, 4.69) is 18.7 Å². The monoisotopic (exact) mass is 326 g/mol. The molecule has 2 fully saturated rings. The Labute approximate surface area is 141 Å². The van der Waals surface area contributed by atoms with Gasteiger partial charge >= 0.3 is 0 Å². The van der Waals surface area contributed by atoms with Crippen LogP contribution in [0.2, 0.25) is 0 Å². The van der Waals surface area contributed by atoms with E-state index in [4.69, 9.17) is 4.74 Å². The number of hydrogen-bond acceptors (Lipinski definition) is 4. The van der Waals surface area contributed by atoms with Gasteiger partial charge in [0.2, 0.25) is 0 Å². The molecular weight excluding hydrogens is 292 g/mol. The molecule has 5 nitrogen and oxygen atoms in total. The first kappa shape index (κ1) is 18.7. The van der Waals surface area contributed by atoms with Crippen LogP contribution in [0.25, 0.3) is 0 Å². The number of nitrogens with zero attached hydrogens (tertiary/aromatic N) is 2. The van der Waals surface area contributed by atoms with Gasteiger partial charge < -0.3 is 14.7 Å². The van der Waals surface area contributed by atoms with Gasteiger partial charge in [-0.3, -0.25) is 9.69 Å². The lowest BCUT2D eigenvalue weighted by Crippen LogP contribution is -2.54. The van der Waals surface area contributed by atoms with E-state index in [1.54, 1.807) is 0 Å². The van der Waals surface area contributed by atoms with Crippen LogP contribution >= 0.6 is 0 Å². The zero-order chi connectivity index (χ0) is 16.8. The van der Waals surface area contributed by atoms with Gasteiger partial charge in [-0.05, 0) is 32.1 Å². The first-order valence-corrected chi connectivity index (χ1v) is 9.34. The highest BCUT2D eigenvalue weighted by Crippen LogP contribution is 2.26. The average Bonchev–Trinajstić information content (AvgIpc) is 2.56. The molecule has 0 aromatic heterocycles. The van der Waals surface area contributed by atoms with Crippen molar-refractivity contribution in [2.75, 3.05) is 32.8 Å². The lowest BCUT2D eigenvalue weighted by molar-refractivity contribution is -0.150. The standard InChI is InChI=1S/C18H34N2O3/c1-4-16(13-21)19-8-10-20(11-9-19)18(22)15(3)23-17-7-5-6-14(2)12-17/h14-17,21H,4-13H2,1-3H3. The van der Waals surface area contributed by atoms with Gasteiger partial charge in [0.25, 0.3) is 5.91 Å². The molecule has 1 heterocycles. The van der Waals surface area contributed by atoms with Crippen molar-refractivity contribution in [3.05, 3.63) is 0 Å². The molecule has 1 aliphatic carbocycles. The van der Waals surface area contributed by atoms with Crippen LogP contribution in [0.5, 0.6) is 0 Å². The molecule has 4 unspecified atom stereocenters. The topological polar surface area (TPSA) is 53.0 Å². The summed E-state index contributed by atoms with van der Waals surface area (Å²) in [5, 5.41) is 9.40. The summed E-state index contributed by atoms with van der Waals surface area (Å²) in [6.45, 7) is 9.64. The van der Waals surface area contributed by atoms with Crippen molar-refractivity contribution in [1.82, 2.24) is 9.80 Å². The summed E-state index contributed by atoms with van der Waals surface area (Å²) < 4.78 is 6.05. The Morgan fingerprint density at radius 1 is 1.26 bits per heavy atom. The molecule has 0 radical (unpaired) electrons.